The molecule has 0 radical (unpaired) electrons. The van der Waals surface area contributed by atoms with Crippen LogP contribution in [-0.4, -0.2) is 27.1 Å². The average Bonchev–Trinajstić information content (AvgIpc) is 2.85. The zero-order chi connectivity index (χ0) is 25.8. The first-order valence-corrected chi connectivity index (χ1v) is 11.5. The van der Waals surface area contributed by atoms with Crippen LogP contribution >= 0.6 is 0 Å². The molecule has 8 nitrogen and oxygen atoms in total. The summed E-state index contributed by atoms with van der Waals surface area (Å²) in [6.07, 6.45) is 0. The van der Waals surface area contributed by atoms with Crippen molar-refractivity contribution in [1.29, 1.82) is 0 Å². The van der Waals surface area contributed by atoms with Crippen molar-refractivity contribution in [1.82, 2.24) is 9.55 Å². The lowest BCUT2D eigenvalue weighted by atomic mass is 10.1. The monoisotopic (exact) mass is 482 g/mol. The molecule has 0 spiro atoms. The normalized spacial score (nSPS) is 10.8. The van der Waals surface area contributed by atoms with E-state index in [1.807, 2.05) is 31.2 Å². The molecule has 0 saturated carbocycles. The van der Waals surface area contributed by atoms with E-state index in [-0.39, 0.29) is 30.6 Å². The van der Waals surface area contributed by atoms with Crippen molar-refractivity contribution in [3.63, 3.8) is 0 Å². The van der Waals surface area contributed by atoms with Crippen LogP contribution in [0.5, 0.6) is 0 Å². The highest BCUT2D eigenvalue weighted by atomic mass is 16.2. The van der Waals surface area contributed by atoms with E-state index in [1.54, 1.807) is 48.5 Å². The second-order valence-corrected chi connectivity index (χ2v) is 8.59. The number of benzene rings is 3. The number of carbonyl (C=O) groups excluding carboxylic acids is 3. The van der Waals surface area contributed by atoms with Gasteiger partial charge < -0.3 is 5.32 Å². The van der Waals surface area contributed by atoms with Crippen molar-refractivity contribution in [3.8, 4) is 0 Å². The summed E-state index contributed by atoms with van der Waals surface area (Å²) < 4.78 is 1.31. The zero-order valence-corrected chi connectivity index (χ0v) is 20.3. The lowest BCUT2D eigenvalue weighted by molar-refractivity contribution is -0.117. The third-order valence-electron chi connectivity index (χ3n) is 5.79. The number of nitrogens with zero attached hydrogens (tertiary/aromatic N) is 3. The summed E-state index contributed by atoms with van der Waals surface area (Å²) in [6.45, 7) is 4.67. The summed E-state index contributed by atoms with van der Waals surface area (Å²) in [7, 11) is 0. The van der Waals surface area contributed by atoms with Crippen LogP contribution in [0.4, 0.5) is 11.5 Å². The van der Waals surface area contributed by atoms with Crippen molar-refractivity contribution in [3.05, 3.63) is 99.8 Å². The van der Waals surface area contributed by atoms with Gasteiger partial charge in [-0.3, -0.25) is 28.6 Å². The largest absolute Gasteiger partial charge is 0.325 e. The Labute approximate surface area is 208 Å². The Balaban J connectivity index is 1.71. The van der Waals surface area contributed by atoms with Gasteiger partial charge in [0.25, 0.3) is 5.56 Å². The smallest absolute Gasteiger partial charge is 0.294 e. The third-order valence-corrected chi connectivity index (χ3v) is 5.79. The third kappa shape index (κ3) is 5.38. The Hall–Kier alpha value is -4.59. The van der Waals surface area contributed by atoms with Crippen molar-refractivity contribution in [2.45, 2.75) is 33.9 Å². The number of aryl methyl sites for hydroxylation is 1. The summed E-state index contributed by atoms with van der Waals surface area (Å²) in [5.74, 6) is -0.960. The molecule has 182 valence electrons. The molecule has 0 aliphatic heterocycles. The number of rotatable bonds is 7. The average molecular weight is 483 g/mol. The minimum Gasteiger partial charge on any atom is -0.325 e. The SMILES string of the molecule is CC(=O)c1cccc(NC(=O)Cn2c(=O)c(N(Cc3ccc(C)cc3)C(C)=O)nc3ccccc32)c1. The van der Waals surface area contributed by atoms with Gasteiger partial charge in [-0.15, -0.1) is 0 Å². The molecule has 1 aromatic heterocycles. The lowest BCUT2D eigenvalue weighted by Crippen LogP contribution is -2.38. The topological polar surface area (TPSA) is 101 Å². The fourth-order valence-corrected chi connectivity index (χ4v) is 3.88. The second-order valence-electron chi connectivity index (χ2n) is 8.59. The number of anilines is 2. The molecule has 0 unspecified atom stereocenters. The minimum absolute atomic E-state index is 0.0480. The highest BCUT2D eigenvalue weighted by Crippen LogP contribution is 2.18. The van der Waals surface area contributed by atoms with Crippen LogP contribution in [0.15, 0.2) is 77.6 Å². The van der Waals surface area contributed by atoms with Gasteiger partial charge in [-0.2, -0.15) is 0 Å². The molecule has 0 aliphatic rings. The first-order chi connectivity index (χ1) is 17.2. The maximum absolute atomic E-state index is 13.6. The number of hydrogen-bond acceptors (Lipinski definition) is 5. The molecule has 4 aromatic rings. The molecular weight excluding hydrogens is 456 g/mol. The molecule has 1 N–H and O–H groups in total. The fraction of sp³-hybridized carbons (Fsp3) is 0.179. The van der Waals surface area contributed by atoms with Crippen LogP contribution in [0, 0.1) is 6.92 Å². The molecule has 0 bridgehead atoms. The van der Waals surface area contributed by atoms with Crippen LogP contribution in [0.2, 0.25) is 0 Å². The minimum atomic E-state index is -0.552. The maximum atomic E-state index is 13.6. The van der Waals surface area contributed by atoms with E-state index < -0.39 is 11.5 Å². The number of amides is 2. The standard InChI is InChI=1S/C28H26N4O4/c1-18-11-13-21(14-12-18)16-31(20(3)34)27-28(36)32(25-10-5-4-9-24(25)30-27)17-26(35)29-23-8-6-7-22(15-23)19(2)33/h4-15H,16-17H2,1-3H3,(H,29,35). The van der Waals surface area contributed by atoms with Gasteiger partial charge in [0.15, 0.2) is 5.78 Å². The van der Waals surface area contributed by atoms with Crippen molar-refractivity contribution in [2.75, 3.05) is 10.2 Å². The van der Waals surface area contributed by atoms with E-state index in [9.17, 15) is 19.2 Å². The van der Waals surface area contributed by atoms with Crippen LogP contribution in [0.3, 0.4) is 0 Å². The van der Waals surface area contributed by atoms with E-state index in [0.29, 0.717) is 22.3 Å². The van der Waals surface area contributed by atoms with Gasteiger partial charge in [0.1, 0.15) is 6.54 Å². The van der Waals surface area contributed by atoms with Gasteiger partial charge in [0.05, 0.1) is 17.6 Å². The predicted molar refractivity (Wildman–Crippen MR) is 139 cm³/mol. The first-order valence-electron chi connectivity index (χ1n) is 11.5. The molecule has 0 fully saturated rings. The molecule has 0 saturated heterocycles. The van der Waals surface area contributed by atoms with Crippen molar-refractivity contribution >= 4 is 40.1 Å². The maximum Gasteiger partial charge on any atom is 0.294 e. The summed E-state index contributed by atoms with van der Waals surface area (Å²) >= 11 is 0. The second kappa shape index (κ2) is 10.4. The van der Waals surface area contributed by atoms with E-state index in [0.717, 1.165) is 11.1 Å². The molecule has 8 heteroatoms. The molecular formula is C28H26N4O4. The number of para-hydroxylation sites is 2. The summed E-state index contributed by atoms with van der Waals surface area (Å²) in [5.41, 5.74) is 3.24. The van der Waals surface area contributed by atoms with Gasteiger partial charge >= 0.3 is 0 Å². The van der Waals surface area contributed by atoms with Gasteiger partial charge in [-0.1, -0.05) is 54.1 Å². The van der Waals surface area contributed by atoms with E-state index in [1.165, 1.54) is 23.3 Å². The van der Waals surface area contributed by atoms with Gasteiger partial charge in [0, 0.05) is 18.2 Å². The van der Waals surface area contributed by atoms with E-state index >= 15 is 0 Å². The van der Waals surface area contributed by atoms with Crippen molar-refractivity contribution < 1.29 is 14.4 Å². The van der Waals surface area contributed by atoms with Crippen LogP contribution in [0.25, 0.3) is 11.0 Å². The Morgan fingerprint density at radius 1 is 0.944 bits per heavy atom. The predicted octanol–water partition coefficient (Wildman–Crippen LogP) is 4.10. The summed E-state index contributed by atoms with van der Waals surface area (Å²) in [6, 6.07) is 21.2. The van der Waals surface area contributed by atoms with Crippen LogP contribution in [-0.2, 0) is 22.7 Å². The Bertz CT molecular complexity index is 1520. The van der Waals surface area contributed by atoms with Gasteiger partial charge in [-0.25, -0.2) is 4.98 Å². The number of carbonyl (C=O) groups is 3. The van der Waals surface area contributed by atoms with Crippen LogP contribution < -0.4 is 15.8 Å². The number of ketones is 1. The van der Waals surface area contributed by atoms with Gasteiger partial charge in [-0.05, 0) is 43.7 Å². The number of aromatic nitrogens is 2. The van der Waals surface area contributed by atoms with Crippen LogP contribution in [0.1, 0.15) is 35.3 Å². The van der Waals surface area contributed by atoms with E-state index in [4.69, 9.17) is 0 Å². The Morgan fingerprint density at radius 3 is 2.36 bits per heavy atom. The molecule has 36 heavy (non-hydrogen) atoms. The van der Waals surface area contributed by atoms with E-state index in [2.05, 4.69) is 10.3 Å². The molecule has 1 heterocycles. The summed E-state index contributed by atoms with van der Waals surface area (Å²) in [4.78, 5) is 56.6. The lowest BCUT2D eigenvalue weighted by Gasteiger charge is -2.21. The summed E-state index contributed by atoms with van der Waals surface area (Å²) in [5, 5.41) is 2.74. The number of fused-ring (bicyclic) bond motifs is 1. The molecule has 4 rings (SSSR count). The molecule has 2 amide bonds. The molecule has 0 atom stereocenters. The Morgan fingerprint density at radius 2 is 1.67 bits per heavy atom. The van der Waals surface area contributed by atoms with Gasteiger partial charge in [0.2, 0.25) is 17.6 Å². The highest BCUT2D eigenvalue weighted by molar-refractivity contribution is 5.97. The highest BCUT2D eigenvalue weighted by Gasteiger charge is 2.22. The quantitative estimate of drug-likeness (QED) is 0.400. The zero-order valence-electron chi connectivity index (χ0n) is 20.3. The fourth-order valence-electron chi connectivity index (χ4n) is 3.88. The Kier molecular flexibility index (Phi) is 7.05. The number of nitrogens with one attached hydrogen (secondary N) is 1. The first kappa shape index (κ1) is 24.5. The number of Topliss-reactive ketones (excluding diaryl/α,β-unsaturated/α-hetero) is 1. The molecule has 0 aliphatic carbocycles. The van der Waals surface area contributed by atoms with Crippen molar-refractivity contribution in [2.24, 2.45) is 0 Å². The number of hydrogen-bond donors (Lipinski definition) is 1. The molecule has 3 aromatic carbocycles.